The first kappa shape index (κ1) is 19.6. The Morgan fingerprint density at radius 2 is 1.75 bits per heavy atom. The van der Waals surface area contributed by atoms with E-state index in [0.717, 1.165) is 30.0 Å². The minimum absolute atomic E-state index is 0.153. The third-order valence-electron chi connectivity index (χ3n) is 4.59. The summed E-state index contributed by atoms with van der Waals surface area (Å²) in [4.78, 5) is 32.8. The Balaban J connectivity index is 1.51. The van der Waals surface area contributed by atoms with Gasteiger partial charge in [0.2, 0.25) is 11.8 Å². The van der Waals surface area contributed by atoms with Gasteiger partial charge in [-0.1, -0.05) is 35.9 Å². The van der Waals surface area contributed by atoms with Crippen LogP contribution in [0.25, 0.3) is 0 Å². The molecule has 0 bridgehead atoms. The quantitative estimate of drug-likeness (QED) is 0.813. The molecule has 28 heavy (non-hydrogen) atoms. The van der Waals surface area contributed by atoms with E-state index in [1.165, 1.54) is 0 Å². The van der Waals surface area contributed by atoms with E-state index in [9.17, 15) is 9.59 Å². The van der Waals surface area contributed by atoms with Gasteiger partial charge in [0, 0.05) is 32.3 Å². The van der Waals surface area contributed by atoms with Gasteiger partial charge in [0.05, 0.1) is 18.3 Å². The number of pyridine rings is 1. The van der Waals surface area contributed by atoms with Gasteiger partial charge in [-0.3, -0.25) is 9.59 Å². The maximum absolute atomic E-state index is 12.5. The summed E-state index contributed by atoms with van der Waals surface area (Å²) in [6.45, 7) is 6.63. The summed E-state index contributed by atoms with van der Waals surface area (Å²) >= 11 is 0. The molecule has 1 saturated heterocycles. The van der Waals surface area contributed by atoms with Crippen LogP contribution in [0.3, 0.4) is 0 Å². The Kier molecular flexibility index (Phi) is 6.42. The number of piperazine rings is 1. The predicted octanol–water partition coefficient (Wildman–Crippen LogP) is 2.88. The molecule has 0 unspecified atom stereocenters. The van der Waals surface area contributed by atoms with Gasteiger partial charge in [-0.2, -0.15) is 0 Å². The van der Waals surface area contributed by atoms with Crippen molar-refractivity contribution >= 4 is 23.3 Å². The first-order chi connectivity index (χ1) is 13.5. The first-order valence-electron chi connectivity index (χ1n) is 9.50. The summed E-state index contributed by atoms with van der Waals surface area (Å²) in [6.07, 6.45) is 3.66. The average Bonchev–Trinajstić information content (AvgIpc) is 2.69. The molecule has 0 radical (unpaired) electrons. The number of nitrogens with zero attached hydrogens (tertiary/aromatic N) is 3. The van der Waals surface area contributed by atoms with Crippen LogP contribution in [-0.4, -0.2) is 47.9 Å². The Morgan fingerprint density at radius 1 is 1.04 bits per heavy atom. The van der Waals surface area contributed by atoms with Gasteiger partial charge in [0.15, 0.2) is 0 Å². The summed E-state index contributed by atoms with van der Waals surface area (Å²) in [5, 5.41) is 2.80. The number of carbonyl (C=O) groups excluding carboxylic acids is 2. The molecule has 6 heteroatoms. The highest BCUT2D eigenvalue weighted by Crippen LogP contribution is 2.17. The van der Waals surface area contributed by atoms with Gasteiger partial charge in [-0.25, -0.2) is 4.98 Å². The van der Waals surface area contributed by atoms with Gasteiger partial charge < -0.3 is 15.1 Å². The third-order valence-corrected chi connectivity index (χ3v) is 4.59. The van der Waals surface area contributed by atoms with Crippen molar-refractivity contribution in [3.8, 4) is 0 Å². The van der Waals surface area contributed by atoms with Crippen molar-refractivity contribution < 1.29 is 9.59 Å². The van der Waals surface area contributed by atoms with Crippen LogP contribution < -0.4 is 10.2 Å². The summed E-state index contributed by atoms with van der Waals surface area (Å²) in [5.41, 5.74) is 2.66. The summed E-state index contributed by atoms with van der Waals surface area (Å²) in [6, 6.07) is 13.6. The number of aromatic nitrogens is 1. The highest BCUT2D eigenvalue weighted by atomic mass is 16.2. The Labute approximate surface area is 165 Å². The second-order valence-corrected chi connectivity index (χ2v) is 7.15. The van der Waals surface area contributed by atoms with Crippen LogP contribution in [0.2, 0.25) is 0 Å². The number of rotatable bonds is 5. The van der Waals surface area contributed by atoms with Gasteiger partial charge in [0.1, 0.15) is 5.82 Å². The predicted molar refractivity (Wildman–Crippen MR) is 111 cm³/mol. The first-order valence-corrected chi connectivity index (χ1v) is 9.50. The number of nitrogens with one attached hydrogen (secondary N) is 1. The number of benzene rings is 1. The van der Waals surface area contributed by atoms with Crippen molar-refractivity contribution in [3.63, 3.8) is 0 Å². The lowest BCUT2D eigenvalue weighted by molar-refractivity contribution is -0.130. The lowest BCUT2D eigenvalue weighted by Gasteiger charge is -2.35. The number of allylic oxidation sites excluding steroid dienone is 1. The maximum atomic E-state index is 12.5. The number of anilines is 2. The van der Waals surface area contributed by atoms with E-state index >= 15 is 0 Å². The van der Waals surface area contributed by atoms with E-state index in [0.29, 0.717) is 25.2 Å². The molecule has 2 amide bonds. The minimum atomic E-state index is -0.153. The van der Waals surface area contributed by atoms with Crippen LogP contribution in [0.4, 0.5) is 11.5 Å². The SMILES string of the molecule is CC(C)=CC(=O)Nc1ccc(N2CCN(C(=O)Cc3ccccc3)CC2)nc1. The summed E-state index contributed by atoms with van der Waals surface area (Å²) < 4.78 is 0. The smallest absolute Gasteiger partial charge is 0.248 e. The van der Waals surface area contributed by atoms with Crippen molar-refractivity contribution in [2.45, 2.75) is 20.3 Å². The molecular formula is C22H26N4O2. The number of hydrogen-bond acceptors (Lipinski definition) is 4. The van der Waals surface area contributed by atoms with Crippen LogP contribution in [0, 0.1) is 0 Å². The highest BCUT2D eigenvalue weighted by Gasteiger charge is 2.21. The molecule has 1 aromatic carbocycles. The van der Waals surface area contributed by atoms with Gasteiger partial charge in [0.25, 0.3) is 0 Å². The largest absolute Gasteiger partial charge is 0.353 e. The fourth-order valence-corrected chi connectivity index (χ4v) is 3.15. The molecule has 1 aliphatic heterocycles. The lowest BCUT2D eigenvalue weighted by atomic mass is 10.1. The zero-order chi connectivity index (χ0) is 19.9. The Hall–Kier alpha value is -3.15. The molecular weight excluding hydrogens is 352 g/mol. The molecule has 0 saturated carbocycles. The minimum Gasteiger partial charge on any atom is -0.353 e. The number of amides is 2. The second kappa shape index (κ2) is 9.17. The van der Waals surface area contributed by atoms with Crippen molar-refractivity contribution in [2.24, 2.45) is 0 Å². The zero-order valence-electron chi connectivity index (χ0n) is 16.4. The molecule has 2 aromatic rings. The molecule has 6 nitrogen and oxygen atoms in total. The lowest BCUT2D eigenvalue weighted by Crippen LogP contribution is -2.49. The average molecular weight is 378 g/mol. The molecule has 3 rings (SSSR count). The number of hydrogen-bond donors (Lipinski definition) is 1. The summed E-state index contributed by atoms with van der Waals surface area (Å²) in [5.74, 6) is 0.867. The molecule has 0 atom stereocenters. The van der Waals surface area contributed by atoms with E-state index in [1.807, 2.05) is 61.2 Å². The fraction of sp³-hybridized carbons (Fsp3) is 0.318. The Bertz CT molecular complexity index is 835. The molecule has 0 aliphatic carbocycles. The number of carbonyl (C=O) groups is 2. The van der Waals surface area contributed by atoms with Crippen LogP contribution in [-0.2, 0) is 16.0 Å². The van der Waals surface area contributed by atoms with E-state index in [4.69, 9.17) is 0 Å². The molecule has 1 aliphatic rings. The molecule has 146 valence electrons. The molecule has 0 spiro atoms. The second-order valence-electron chi connectivity index (χ2n) is 7.15. The molecule has 1 fully saturated rings. The highest BCUT2D eigenvalue weighted by molar-refractivity contribution is 5.99. The van der Waals surface area contributed by atoms with Crippen LogP contribution in [0.15, 0.2) is 60.3 Å². The topological polar surface area (TPSA) is 65.5 Å². The van der Waals surface area contributed by atoms with E-state index < -0.39 is 0 Å². The fourth-order valence-electron chi connectivity index (χ4n) is 3.15. The van der Waals surface area contributed by atoms with Gasteiger partial charge in [-0.05, 0) is 31.5 Å². The molecule has 2 heterocycles. The van der Waals surface area contributed by atoms with E-state index in [2.05, 4.69) is 15.2 Å². The van der Waals surface area contributed by atoms with Crippen LogP contribution >= 0.6 is 0 Å². The zero-order valence-corrected chi connectivity index (χ0v) is 16.4. The summed E-state index contributed by atoms with van der Waals surface area (Å²) in [7, 11) is 0. The van der Waals surface area contributed by atoms with Gasteiger partial charge >= 0.3 is 0 Å². The normalized spacial score (nSPS) is 13.8. The monoisotopic (exact) mass is 378 g/mol. The standard InChI is InChI=1S/C22H26N4O2/c1-17(2)14-21(27)24-19-8-9-20(23-16-19)25-10-12-26(13-11-25)22(28)15-18-6-4-3-5-7-18/h3-9,14,16H,10-13,15H2,1-2H3,(H,24,27). The van der Waals surface area contributed by atoms with Gasteiger partial charge in [-0.15, -0.1) is 0 Å². The Morgan fingerprint density at radius 3 is 2.36 bits per heavy atom. The molecule has 1 N–H and O–H groups in total. The van der Waals surface area contributed by atoms with Crippen molar-refractivity contribution in [2.75, 3.05) is 36.4 Å². The van der Waals surface area contributed by atoms with Crippen molar-refractivity contribution in [1.29, 1.82) is 0 Å². The van der Waals surface area contributed by atoms with E-state index in [-0.39, 0.29) is 11.8 Å². The molecule has 1 aromatic heterocycles. The van der Waals surface area contributed by atoms with Crippen LogP contribution in [0.5, 0.6) is 0 Å². The van der Waals surface area contributed by atoms with Crippen LogP contribution in [0.1, 0.15) is 19.4 Å². The van der Waals surface area contributed by atoms with Crippen molar-refractivity contribution in [1.82, 2.24) is 9.88 Å². The maximum Gasteiger partial charge on any atom is 0.248 e. The van der Waals surface area contributed by atoms with Crippen molar-refractivity contribution in [3.05, 3.63) is 65.9 Å². The third kappa shape index (κ3) is 5.42. The van der Waals surface area contributed by atoms with E-state index in [1.54, 1.807) is 12.3 Å².